The topological polar surface area (TPSA) is 65.6 Å². The Labute approximate surface area is 122 Å². The highest BCUT2D eigenvalue weighted by Gasteiger charge is 2.21. The standard InChI is InChI=1S/C17H14N2O2/c18-10-12-3-1-4-13(9-12)11-21-17-6-2-5-14-15(17)7-8-16(14)19-20/h1-6,9,20H,7-8,11H2. The summed E-state index contributed by atoms with van der Waals surface area (Å²) in [6.45, 7) is 0.414. The van der Waals surface area contributed by atoms with Crippen molar-refractivity contribution >= 4 is 5.71 Å². The zero-order valence-electron chi connectivity index (χ0n) is 11.4. The highest BCUT2D eigenvalue weighted by atomic mass is 16.5. The van der Waals surface area contributed by atoms with Crippen LogP contribution in [-0.2, 0) is 13.0 Å². The van der Waals surface area contributed by atoms with Crippen molar-refractivity contribution in [1.82, 2.24) is 0 Å². The van der Waals surface area contributed by atoms with Crippen molar-refractivity contribution in [1.29, 1.82) is 5.26 Å². The molecular weight excluding hydrogens is 264 g/mol. The molecule has 1 N–H and O–H groups in total. The van der Waals surface area contributed by atoms with Crippen LogP contribution in [0.15, 0.2) is 47.6 Å². The number of oxime groups is 1. The number of nitriles is 1. The Hall–Kier alpha value is -2.80. The maximum atomic E-state index is 8.99. The van der Waals surface area contributed by atoms with Crippen molar-refractivity contribution in [2.45, 2.75) is 19.4 Å². The van der Waals surface area contributed by atoms with Crippen molar-refractivity contribution in [3.63, 3.8) is 0 Å². The van der Waals surface area contributed by atoms with Gasteiger partial charge in [-0.1, -0.05) is 29.4 Å². The second-order valence-electron chi connectivity index (χ2n) is 4.93. The molecule has 0 spiro atoms. The molecule has 1 aliphatic carbocycles. The Bertz CT molecular complexity index is 745. The first-order chi connectivity index (χ1) is 10.3. The molecule has 0 saturated heterocycles. The van der Waals surface area contributed by atoms with E-state index in [2.05, 4.69) is 11.2 Å². The number of fused-ring (bicyclic) bond motifs is 1. The van der Waals surface area contributed by atoms with Crippen molar-refractivity contribution in [2.24, 2.45) is 5.16 Å². The fourth-order valence-electron chi connectivity index (χ4n) is 2.60. The van der Waals surface area contributed by atoms with Crippen molar-refractivity contribution < 1.29 is 9.94 Å². The summed E-state index contributed by atoms with van der Waals surface area (Å²) in [5, 5.41) is 21.2. The van der Waals surface area contributed by atoms with Gasteiger partial charge in [0.15, 0.2) is 0 Å². The molecule has 4 heteroatoms. The molecule has 2 aromatic rings. The van der Waals surface area contributed by atoms with Gasteiger partial charge in [-0.05, 0) is 36.6 Å². The van der Waals surface area contributed by atoms with Crippen molar-refractivity contribution in [3.8, 4) is 11.8 Å². The highest BCUT2D eigenvalue weighted by Crippen LogP contribution is 2.31. The first kappa shape index (κ1) is 13.2. The molecular formula is C17H14N2O2. The zero-order valence-corrected chi connectivity index (χ0v) is 11.4. The fourth-order valence-corrected chi connectivity index (χ4v) is 2.60. The van der Waals surface area contributed by atoms with E-state index in [0.717, 1.165) is 35.3 Å². The van der Waals surface area contributed by atoms with Crippen LogP contribution in [0.2, 0.25) is 0 Å². The van der Waals surface area contributed by atoms with Gasteiger partial charge in [0, 0.05) is 11.1 Å². The monoisotopic (exact) mass is 278 g/mol. The van der Waals surface area contributed by atoms with Crippen LogP contribution in [0.4, 0.5) is 0 Å². The summed E-state index contributed by atoms with van der Waals surface area (Å²) in [5.74, 6) is 0.813. The number of benzene rings is 2. The fraction of sp³-hybridized carbons (Fsp3) is 0.176. The number of ether oxygens (including phenoxy) is 1. The van der Waals surface area contributed by atoms with Crippen LogP contribution in [0.3, 0.4) is 0 Å². The van der Waals surface area contributed by atoms with Crippen LogP contribution in [0, 0.1) is 11.3 Å². The summed E-state index contributed by atoms with van der Waals surface area (Å²) < 4.78 is 5.88. The van der Waals surface area contributed by atoms with Crippen LogP contribution >= 0.6 is 0 Å². The minimum Gasteiger partial charge on any atom is -0.489 e. The molecule has 0 saturated carbocycles. The van der Waals surface area contributed by atoms with E-state index in [9.17, 15) is 0 Å². The molecule has 1 aliphatic rings. The molecule has 4 nitrogen and oxygen atoms in total. The lowest BCUT2D eigenvalue weighted by Gasteiger charge is -2.10. The Morgan fingerprint density at radius 1 is 1.19 bits per heavy atom. The second-order valence-corrected chi connectivity index (χ2v) is 4.93. The van der Waals surface area contributed by atoms with Gasteiger partial charge in [0.25, 0.3) is 0 Å². The van der Waals surface area contributed by atoms with Crippen LogP contribution in [-0.4, -0.2) is 10.9 Å². The van der Waals surface area contributed by atoms with Gasteiger partial charge in [0.1, 0.15) is 12.4 Å². The van der Waals surface area contributed by atoms with E-state index in [0.29, 0.717) is 17.9 Å². The van der Waals surface area contributed by atoms with Gasteiger partial charge in [-0.25, -0.2) is 0 Å². The molecule has 2 aromatic carbocycles. The molecule has 21 heavy (non-hydrogen) atoms. The molecule has 0 heterocycles. The molecule has 3 rings (SSSR count). The van der Waals surface area contributed by atoms with Crippen molar-refractivity contribution in [3.05, 3.63) is 64.7 Å². The average molecular weight is 278 g/mol. The molecule has 0 aliphatic heterocycles. The third-order valence-corrected chi connectivity index (χ3v) is 3.63. The number of rotatable bonds is 3. The van der Waals surface area contributed by atoms with Gasteiger partial charge in [-0.3, -0.25) is 0 Å². The van der Waals surface area contributed by atoms with Gasteiger partial charge in [0.2, 0.25) is 0 Å². The summed E-state index contributed by atoms with van der Waals surface area (Å²) in [7, 11) is 0. The zero-order chi connectivity index (χ0) is 14.7. The highest BCUT2D eigenvalue weighted by molar-refractivity contribution is 6.04. The minimum atomic E-state index is 0.414. The largest absolute Gasteiger partial charge is 0.489 e. The summed E-state index contributed by atoms with van der Waals surface area (Å²) in [6, 6.07) is 15.3. The van der Waals surface area contributed by atoms with Gasteiger partial charge in [-0.2, -0.15) is 5.26 Å². The van der Waals surface area contributed by atoms with Crippen LogP contribution in [0.25, 0.3) is 0 Å². The Balaban J connectivity index is 1.81. The lowest BCUT2D eigenvalue weighted by atomic mass is 10.1. The molecule has 0 unspecified atom stereocenters. The quantitative estimate of drug-likeness (QED) is 0.692. The van der Waals surface area contributed by atoms with Crippen LogP contribution in [0.1, 0.15) is 28.7 Å². The van der Waals surface area contributed by atoms with Gasteiger partial charge < -0.3 is 9.94 Å². The number of nitrogens with zero attached hydrogens (tertiary/aromatic N) is 2. The summed E-state index contributed by atoms with van der Waals surface area (Å²) in [5.41, 5.74) is 4.34. The van der Waals surface area contributed by atoms with E-state index in [1.54, 1.807) is 6.07 Å². The lowest BCUT2D eigenvalue weighted by molar-refractivity contribution is 0.303. The summed E-state index contributed by atoms with van der Waals surface area (Å²) in [4.78, 5) is 0. The molecule has 0 atom stereocenters. The van der Waals surface area contributed by atoms with E-state index in [-0.39, 0.29) is 0 Å². The molecule has 104 valence electrons. The van der Waals surface area contributed by atoms with E-state index < -0.39 is 0 Å². The normalized spacial score (nSPS) is 14.7. The van der Waals surface area contributed by atoms with Crippen LogP contribution in [0.5, 0.6) is 5.75 Å². The second kappa shape index (κ2) is 5.68. The molecule has 0 aromatic heterocycles. The first-order valence-corrected chi connectivity index (χ1v) is 6.77. The maximum absolute atomic E-state index is 8.99. The number of hydrogen-bond acceptors (Lipinski definition) is 4. The summed E-state index contributed by atoms with van der Waals surface area (Å²) in [6.07, 6.45) is 1.55. The smallest absolute Gasteiger partial charge is 0.123 e. The van der Waals surface area contributed by atoms with Gasteiger partial charge in [-0.15, -0.1) is 0 Å². The molecule has 0 radical (unpaired) electrons. The van der Waals surface area contributed by atoms with Gasteiger partial charge in [0.05, 0.1) is 17.3 Å². The Morgan fingerprint density at radius 2 is 2.05 bits per heavy atom. The SMILES string of the molecule is N#Cc1cccc(COc2cccc3c2CCC3=NO)c1. The maximum Gasteiger partial charge on any atom is 0.123 e. The third-order valence-electron chi connectivity index (χ3n) is 3.63. The number of hydrogen-bond donors (Lipinski definition) is 1. The van der Waals surface area contributed by atoms with E-state index in [1.165, 1.54) is 0 Å². The van der Waals surface area contributed by atoms with Crippen molar-refractivity contribution in [2.75, 3.05) is 0 Å². The van der Waals surface area contributed by atoms with Crippen LogP contribution < -0.4 is 4.74 Å². The molecule has 0 bridgehead atoms. The predicted octanol–water partition coefficient (Wildman–Crippen LogP) is 3.26. The molecule has 0 fully saturated rings. The Kier molecular flexibility index (Phi) is 3.57. The Morgan fingerprint density at radius 3 is 2.86 bits per heavy atom. The minimum absolute atomic E-state index is 0.414. The predicted molar refractivity (Wildman–Crippen MR) is 78.6 cm³/mol. The van der Waals surface area contributed by atoms with Gasteiger partial charge >= 0.3 is 0 Å². The summed E-state index contributed by atoms with van der Waals surface area (Å²) >= 11 is 0. The lowest BCUT2D eigenvalue weighted by Crippen LogP contribution is -1.99. The van der Waals surface area contributed by atoms with E-state index in [1.807, 2.05) is 36.4 Å². The van der Waals surface area contributed by atoms with E-state index >= 15 is 0 Å². The average Bonchev–Trinajstić information content (AvgIpc) is 2.96. The first-order valence-electron chi connectivity index (χ1n) is 6.77. The third kappa shape index (κ3) is 2.59. The molecule has 0 amide bonds. The van der Waals surface area contributed by atoms with E-state index in [4.69, 9.17) is 15.2 Å².